The van der Waals surface area contributed by atoms with Crippen molar-refractivity contribution in [3.8, 4) is 0 Å². The number of sulfonamides is 1. The van der Waals surface area contributed by atoms with Gasteiger partial charge in [0.15, 0.2) is 0 Å². The van der Waals surface area contributed by atoms with Gasteiger partial charge in [0.25, 0.3) is 10.0 Å². The molecule has 3 aromatic rings. The van der Waals surface area contributed by atoms with Gasteiger partial charge in [-0.15, -0.1) is 0 Å². The van der Waals surface area contributed by atoms with Crippen LogP contribution in [0.25, 0.3) is 0 Å². The molecule has 0 saturated heterocycles. The lowest BCUT2D eigenvalue weighted by molar-refractivity contribution is -0.140. The van der Waals surface area contributed by atoms with Gasteiger partial charge in [-0.3, -0.25) is 13.9 Å². The molecule has 0 spiro atoms. The van der Waals surface area contributed by atoms with Crippen LogP contribution in [0, 0.1) is 13.8 Å². The normalized spacial score (nSPS) is 12.2. The first-order chi connectivity index (χ1) is 19.0. The molecule has 0 unspecified atom stereocenters. The van der Waals surface area contributed by atoms with E-state index in [1.807, 2.05) is 77.9 Å². The van der Waals surface area contributed by atoms with Gasteiger partial charge in [-0.05, 0) is 69.9 Å². The van der Waals surface area contributed by atoms with E-state index in [9.17, 15) is 18.0 Å². The smallest absolute Gasteiger partial charge is 0.264 e. The highest BCUT2D eigenvalue weighted by atomic mass is 32.2. The third kappa shape index (κ3) is 7.50. The summed E-state index contributed by atoms with van der Waals surface area (Å²) in [4.78, 5) is 29.0. The average molecular weight is 564 g/mol. The second-order valence-corrected chi connectivity index (χ2v) is 12.3. The molecule has 0 aliphatic heterocycles. The van der Waals surface area contributed by atoms with Gasteiger partial charge in [0.1, 0.15) is 12.6 Å². The highest BCUT2D eigenvalue weighted by molar-refractivity contribution is 7.92. The number of rotatable bonds is 12. The van der Waals surface area contributed by atoms with Crippen LogP contribution in [-0.4, -0.2) is 43.8 Å². The summed E-state index contributed by atoms with van der Waals surface area (Å²) in [5.41, 5.74) is 4.13. The quantitative estimate of drug-likeness (QED) is 0.320. The number of carbonyl (C=O) groups is 2. The number of aryl methyl sites for hydroxylation is 3. The van der Waals surface area contributed by atoms with Crippen LogP contribution in [0.2, 0.25) is 0 Å². The summed E-state index contributed by atoms with van der Waals surface area (Å²) in [5, 5.41) is 2.92. The van der Waals surface area contributed by atoms with E-state index in [0.717, 1.165) is 22.3 Å². The van der Waals surface area contributed by atoms with Crippen LogP contribution in [0.3, 0.4) is 0 Å². The second-order valence-electron chi connectivity index (χ2n) is 10.4. The molecule has 0 aliphatic carbocycles. The predicted molar refractivity (Wildman–Crippen MR) is 161 cm³/mol. The summed E-state index contributed by atoms with van der Waals surface area (Å²) in [6.07, 6.45) is 0.970. The first-order valence-corrected chi connectivity index (χ1v) is 15.2. The molecule has 3 aromatic carbocycles. The zero-order chi connectivity index (χ0) is 29.4. The molecule has 0 fully saturated rings. The van der Waals surface area contributed by atoms with Crippen molar-refractivity contribution in [3.63, 3.8) is 0 Å². The summed E-state index contributed by atoms with van der Waals surface area (Å²) in [6.45, 7) is 11.2. The Labute approximate surface area is 239 Å². The van der Waals surface area contributed by atoms with Crippen LogP contribution in [0.5, 0.6) is 0 Å². The average Bonchev–Trinajstić information content (AvgIpc) is 2.92. The summed E-state index contributed by atoms with van der Waals surface area (Å²) in [6, 6.07) is 20.7. The number of amides is 2. The van der Waals surface area contributed by atoms with E-state index in [1.54, 1.807) is 36.4 Å². The lowest BCUT2D eigenvalue weighted by atomic mass is 10.1. The number of carbonyl (C=O) groups excluding carboxylic acids is 2. The van der Waals surface area contributed by atoms with Crippen LogP contribution in [0.4, 0.5) is 5.69 Å². The molecule has 1 N–H and O–H groups in total. The van der Waals surface area contributed by atoms with Crippen molar-refractivity contribution >= 4 is 27.5 Å². The van der Waals surface area contributed by atoms with Crippen molar-refractivity contribution in [2.45, 2.75) is 77.9 Å². The van der Waals surface area contributed by atoms with Crippen molar-refractivity contribution in [1.82, 2.24) is 10.2 Å². The van der Waals surface area contributed by atoms with Gasteiger partial charge in [-0.25, -0.2) is 8.42 Å². The third-order valence-corrected chi connectivity index (χ3v) is 8.59. The molecule has 0 bridgehead atoms. The number of hydrogen-bond donors (Lipinski definition) is 1. The molecule has 0 heterocycles. The van der Waals surface area contributed by atoms with Crippen LogP contribution >= 0.6 is 0 Å². The van der Waals surface area contributed by atoms with Gasteiger partial charge in [0.2, 0.25) is 11.8 Å². The van der Waals surface area contributed by atoms with Gasteiger partial charge in [-0.2, -0.15) is 0 Å². The Bertz CT molecular complexity index is 1400. The van der Waals surface area contributed by atoms with Crippen molar-refractivity contribution < 1.29 is 18.0 Å². The Morgan fingerprint density at radius 3 is 1.98 bits per heavy atom. The highest BCUT2D eigenvalue weighted by Crippen LogP contribution is 2.28. The fourth-order valence-electron chi connectivity index (χ4n) is 4.59. The van der Waals surface area contributed by atoms with E-state index in [0.29, 0.717) is 18.5 Å². The molecule has 1 atom stereocenters. The Balaban J connectivity index is 2.09. The predicted octanol–water partition coefficient (Wildman–Crippen LogP) is 5.39. The maximum atomic E-state index is 14.2. The Morgan fingerprint density at radius 1 is 0.850 bits per heavy atom. The van der Waals surface area contributed by atoms with E-state index >= 15 is 0 Å². The van der Waals surface area contributed by atoms with E-state index in [-0.39, 0.29) is 23.4 Å². The number of nitrogens with one attached hydrogen (secondary N) is 1. The molecule has 214 valence electrons. The Hall–Kier alpha value is -3.65. The number of nitrogens with zero attached hydrogens (tertiary/aromatic N) is 2. The zero-order valence-corrected chi connectivity index (χ0v) is 25.2. The van der Waals surface area contributed by atoms with Gasteiger partial charge < -0.3 is 10.2 Å². The fraction of sp³-hybridized carbons (Fsp3) is 0.375. The Kier molecular flexibility index (Phi) is 10.5. The summed E-state index contributed by atoms with van der Waals surface area (Å²) < 4.78 is 29.3. The van der Waals surface area contributed by atoms with E-state index < -0.39 is 28.5 Å². The molecule has 2 amide bonds. The van der Waals surface area contributed by atoms with Crippen molar-refractivity contribution in [2.75, 3.05) is 10.8 Å². The number of para-hydroxylation sites is 1. The number of anilines is 1. The number of hydrogen-bond acceptors (Lipinski definition) is 4. The topological polar surface area (TPSA) is 86.8 Å². The summed E-state index contributed by atoms with van der Waals surface area (Å²) >= 11 is 0. The van der Waals surface area contributed by atoms with Crippen molar-refractivity contribution in [2.24, 2.45) is 0 Å². The molecule has 8 heteroatoms. The van der Waals surface area contributed by atoms with Crippen molar-refractivity contribution in [1.29, 1.82) is 0 Å². The SMILES string of the molecule is CCc1ccccc1N(CC(=O)N(Cc1ccc(C)cc1)[C@H](CC)C(=O)NC(C)C)S(=O)(=O)c1ccc(C)cc1. The maximum Gasteiger partial charge on any atom is 0.264 e. The van der Waals surface area contributed by atoms with Gasteiger partial charge in [-0.1, -0.05) is 79.6 Å². The molecule has 3 rings (SSSR count). The molecule has 40 heavy (non-hydrogen) atoms. The van der Waals surface area contributed by atoms with Crippen molar-refractivity contribution in [3.05, 3.63) is 95.1 Å². The molecule has 0 aromatic heterocycles. The minimum atomic E-state index is -4.10. The minimum absolute atomic E-state index is 0.103. The van der Waals surface area contributed by atoms with E-state index in [4.69, 9.17) is 0 Å². The van der Waals surface area contributed by atoms with E-state index in [1.165, 1.54) is 9.21 Å². The third-order valence-electron chi connectivity index (χ3n) is 6.82. The van der Waals surface area contributed by atoms with Crippen LogP contribution in [0.1, 0.15) is 56.4 Å². The van der Waals surface area contributed by atoms with E-state index in [2.05, 4.69) is 5.32 Å². The van der Waals surface area contributed by atoms with Gasteiger partial charge in [0, 0.05) is 12.6 Å². The molecular weight excluding hydrogens is 522 g/mol. The van der Waals surface area contributed by atoms with Crippen LogP contribution in [-0.2, 0) is 32.6 Å². The minimum Gasteiger partial charge on any atom is -0.352 e. The molecule has 0 aliphatic rings. The molecule has 0 radical (unpaired) electrons. The first-order valence-electron chi connectivity index (χ1n) is 13.8. The highest BCUT2D eigenvalue weighted by Gasteiger charge is 2.34. The van der Waals surface area contributed by atoms with Crippen LogP contribution < -0.4 is 9.62 Å². The fourth-order valence-corrected chi connectivity index (χ4v) is 6.05. The lowest BCUT2D eigenvalue weighted by Gasteiger charge is -2.34. The standard InChI is InChI=1S/C32H41N3O4S/c1-7-27-11-9-10-12-30(27)35(40(38,39)28-19-15-25(6)16-20-28)22-31(36)34(21-26-17-13-24(5)14-18-26)29(8-2)32(37)33-23(3)4/h9-20,23,29H,7-8,21-22H2,1-6H3,(H,33,37)/t29-/m1/s1. The Morgan fingerprint density at radius 2 is 1.43 bits per heavy atom. The summed E-state index contributed by atoms with van der Waals surface area (Å²) in [7, 11) is -4.10. The molecular formula is C32H41N3O4S. The molecule has 0 saturated carbocycles. The van der Waals surface area contributed by atoms with Crippen LogP contribution in [0.15, 0.2) is 77.7 Å². The monoisotopic (exact) mass is 563 g/mol. The summed E-state index contributed by atoms with van der Waals surface area (Å²) in [5.74, 6) is -0.715. The second kappa shape index (κ2) is 13.6. The zero-order valence-electron chi connectivity index (χ0n) is 24.3. The molecule has 7 nitrogen and oxygen atoms in total. The van der Waals surface area contributed by atoms with Gasteiger partial charge in [0.05, 0.1) is 10.6 Å². The van der Waals surface area contributed by atoms with Gasteiger partial charge >= 0.3 is 0 Å². The largest absolute Gasteiger partial charge is 0.352 e. The lowest BCUT2D eigenvalue weighted by Crippen LogP contribution is -2.53. The first kappa shape index (κ1) is 30.9. The maximum absolute atomic E-state index is 14.2. The number of benzene rings is 3.